The Morgan fingerprint density at radius 2 is 0.906 bits per heavy atom. The molecular formula is C52H32O. The van der Waals surface area contributed by atoms with E-state index in [2.05, 4.69) is 30.3 Å². The zero-order valence-corrected chi connectivity index (χ0v) is 28.0. The summed E-state index contributed by atoms with van der Waals surface area (Å²) < 4.78 is 106. The lowest BCUT2D eigenvalue weighted by molar-refractivity contribution is 0.669. The maximum absolute atomic E-state index is 9.89. The van der Waals surface area contributed by atoms with Gasteiger partial charge in [-0.3, -0.25) is 0 Å². The molecule has 246 valence electrons. The molecule has 0 saturated heterocycles. The molecule has 1 aromatic heterocycles. The fourth-order valence-corrected chi connectivity index (χ4v) is 7.76. The molecule has 0 atom stereocenters. The molecule has 11 rings (SSSR count). The fourth-order valence-electron chi connectivity index (χ4n) is 7.76. The normalized spacial score (nSPS) is 14.7. The van der Waals surface area contributed by atoms with Gasteiger partial charge in [0, 0.05) is 10.8 Å². The smallest absolute Gasteiger partial charge is 0.135 e. The molecular weight excluding hydrogens is 641 g/mol. The number of furan rings is 1. The standard InChI is InChI=1S/C52H32O/c1-2-13-35-29-40(24-23-33(35)11-1)52-45-20-7-5-18-43(45)51(44-19-6-8-21-46(44)52)39-16-9-15-36(30-39)37-25-27-49-47(31-37)48-32-38(26-28-50(48)53-49)42-22-10-14-34-12-3-4-17-41(34)42/h1-32H/i1D,2D,9D,11D,13D,15D,16D,23D,24D,29D,30D. The summed E-state index contributed by atoms with van der Waals surface area (Å²) in [6.07, 6.45) is 0. The Balaban J connectivity index is 1.17. The molecule has 1 heterocycles. The molecule has 0 radical (unpaired) electrons. The first kappa shape index (κ1) is 20.8. The summed E-state index contributed by atoms with van der Waals surface area (Å²) in [5.41, 5.74) is 4.98. The molecule has 0 amide bonds. The van der Waals surface area contributed by atoms with E-state index >= 15 is 0 Å². The summed E-state index contributed by atoms with van der Waals surface area (Å²) in [5, 5.41) is 5.55. The first-order chi connectivity index (χ1) is 30.9. The van der Waals surface area contributed by atoms with Gasteiger partial charge in [0.2, 0.25) is 0 Å². The maximum atomic E-state index is 9.89. The third kappa shape index (κ3) is 4.79. The molecule has 0 fully saturated rings. The average Bonchev–Trinajstić information content (AvgIpc) is 3.68. The summed E-state index contributed by atoms with van der Waals surface area (Å²) in [6, 6.07) is 36.0. The molecule has 0 N–H and O–H groups in total. The van der Waals surface area contributed by atoms with E-state index in [4.69, 9.17) is 11.3 Å². The Kier molecular flexibility index (Phi) is 4.63. The van der Waals surface area contributed by atoms with Gasteiger partial charge in [-0.15, -0.1) is 0 Å². The zero-order valence-electron chi connectivity index (χ0n) is 39.0. The van der Waals surface area contributed by atoms with E-state index in [1.165, 1.54) is 0 Å². The molecule has 1 heteroatoms. The Morgan fingerprint density at radius 1 is 0.340 bits per heavy atom. The van der Waals surface area contributed by atoms with E-state index < -0.39 is 30.2 Å². The second-order valence-corrected chi connectivity index (χ2v) is 13.1. The van der Waals surface area contributed by atoms with Gasteiger partial charge in [-0.25, -0.2) is 0 Å². The van der Waals surface area contributed by atoms with Gasteiger partial charge in [0.25, 0.3) is 0 Å². The van der Waals surface area contributed by atoms with Crippen LogP contribution in [0.15, 0.2) is 198 Å². The molecule has 0 spiro atoms. The summed E-state index contributed by atoms with van der Waals surface area (Å²) in [4.78, 5) is 0. The fraction of sp³-hybridized carbons (Fsp3) is 0. The van der Waals surface area contributed by atoms with Gasteiger partial charge < -0.3 is 4.42 Å². The first-order valence-corrected chi connectivity index (χ1v) is 17.4. The molecule has 0 bridgehead atoms. The van der Waals surface area contributed by atoms with Crippen molar-refractivity contribution in [3.05, 3.63) is 194 Å². The van der Waals surface area contributed by atoms with Crippen LogP contribution in [0.2, 0.25) is 0 Å². The Bertz CT molecular complexity index is 3810. The van der Waals surface area contributed by atoms with E-state index in [9.17, 15) is 8.22 Å². The minimum Gasteiger partial charge on any atom is -0.456 e. The monoisotopic (exact) mass is 683 g/mol. The van der Waals surface area contributed by atoms with E-state index in [-0.39, 0.29) is 63.7 Å². The van der Waals surface area contributed by atoms with Gasteiger partial charge in [-0.1, -0.05) is 158 Å². The van der Waals surface area contributed by atoms with Gasteiger partial charge in [-0.2, -0.15) is 0 Å². The number of benzene rings is 10. The lowest BCUT2D eigenvalue weighted by Gasteiger charge is -2.18. The average molecular weight is 684 g/mol. The van der Waals surface area contributed by atoms with E-state index in [0.717, 1.165) is 32.7 Å². The van der Waals surface area contributed by atoms with Crippen molar-refractivity contribution >= 4 is 65.0 Å². The molecule has 0 saturated carbocycles. The zero-order chi connectivity index (χ0) is 44.5. The van der Waals surface area contributed by atoms with Crippen molar-refractivity contribution in [1.82, 2.24) is 0 Å². The highest BCUT2D eigenvalue weighted by atomic mass is 16.3. The van der Waals surface area contributed by atoms with Crippen LogP contribution in [0.3, 0.4) is 0 Å². The largest absolute Gasteiger partial charge is 0.456 e. The predicted molar refractivity (Wildman–Crippen MR) is 225 cm³/mol. The van der Waals surface area contributed by atoms with Crippen LogP contribution >= 0.6 is 0 Å². The van der Waals surface area contributed by atoms with E-state index in [0.29, 0.717) is 49.4 Å². The van der Waals surface area contributed by atoms with Gasteiger partial charge in [0.15, 0.2) is 0 Å². The highest BCUT2D eigenvalue weighted by Crippen LogP contribution is 2.45. The third-order valence-electron chi connectivity index (χ3n) is 10.2. The van der Waals surface area contributed by atoms with Crippen LogP contribution in [-0.2, 0) is 0 Å². The number of hydrogen-bond acceptors (Lipinski definition) is 1. The first-order valence-electron chi connectivity index (χ1n) is 22.9. The van der Waals surface area contributed by atoms with Crippen LogP contribution in [0.1, 0.15) is 15.1 Å². The van der Waals surface area contributed by atoms with Crippen LogP contribution in [0.5, 0.6) is 0 Å². The maximum Gasteiger partial charge on any atom is 0.135 e. The minimum absolute atomic E-state index is 0.00583. The highest BCUT2D eigenvalue weighted by molar-refractivity contribution is 6.22. The third-order valence-corrected chi connectivity index (χ3v) is 10.2. The molecule has 1 nitrogen and oxygen atoms in total. The predicted octanol–water partition coefficient (Wildman–Crippen LogP) is 14.9. The quantitative estimate of drug-likeness (QED) is 0.168. The lowest BCUT2D eigenvalue weighted by atomic mass is 9.85. The van der Waals surface area contributed by atoms with Crippen LogP contribution in [-0.4, -0.2) is 0 Å². The second kappa shape index (κ2) is 11.8. The summed E-state index contributed by atoms with van der Waals surface area (Å²) in [6.45, 7) is 0. The van der Waals surface area contributed by atoms with Crippen LogP contribution < -0.4 is 0 Å². The van der Waals surface area contributed by atoms with Crippen LogP contribution in [0.25, 0.3) is 110 Å². The Labute approximate surface area is 322 Å². The van der Waals surface area contributed by atoms with Crippen LogP contribution in [0, 0.1) is 0 Å². The summed E-state index contributed by atoms with van der Waals surface area (Å²) in [7, 11) is 0. The lowest BCUT2D eigenvalue weighted by Crippen LogP contribution is -1.91. The number of hydrogen-bond donors (Lipinski definition) is 0. The van der Waals surface area contributed by atoms with Gasteiger partial charge in [0.05, 0.1) is 15.1 Å². The van der Waals surface area contributed by atoms with Crippen LogP contribution in [0.4, 0.5) is 0 Å². The highest BCUT2D eigenvalue weighted by Gasteiger charge is 2.18. The Morgan fingerprint density at radius 3 is 1.62 bits per heavy atom. The summed E-state index contributed by atoms with van der Waals surface area (Å²) >= 11 is 0. The van der Waals surface area contributed by atoms with Crippen molar-refractivity contribution in [3.8, 4) is 44.5 Å². The van der Waals surface area contributed by atoms with Crippen molar-refractivity contribution in [2.75, 3.05) is 0 Å². The SMILES string of the molecule is [2H]c1c([2H])c(-c2ccc3oc4ccc(-c5cccc6ccccc56)cc4c3c2)c([2H])c(-c2c3ccccc3c(-c3c([2H])c([2H])c4c([2H])c([2H])c([2H])c([2H])c4c3[2H])c3ccccc23)c1[2H]. The van der Waals surface area contributed by atoms with Crippen molar-refractivity contribution in [2.45, 2.75) is 0 Å². The molecule has 0 aliphatic carbocycles. The topological polar surface area (TPSA) is 13.1 Å². The molecule has 0 aliphatic rings. The number of rotatable bonds is 4. The molecule has 11 aromatic rings. The molecule has 10 aromatic carbocycles. The van der Waals surface area contributed by atoms with Crippen molar-refractivity contribution < 1.29 is 19.5 Å². The van der Waals surface area contributed by atoms with Gasteiger partial charge >= 0.3 is 0 Å². The molecule has 0 unspecified atom stereocenters. The second-order valence-electron chi connectivity index (χ2n) is 13.1. The van der Waals surface area contributed by atoms with Crippen molar-refractivity contribution in [2.24, 2.45) is 0 Å². The van der Waals surface area contributed by atoms with Gasteiger partial charge in [0.1, 0.15) is 11.2 Å². The van der Waals surface area contributed by atoms with Crippen molar-refractivity contribution in [1.29, 1.82) is 0 Å². The number of fused-ring (bicyclic) bond motifs is 7. The summed E-state index contributed by atoms with van der Waals surface area (Å²) in [5.74, 6) is 0. The van der Waals surface area contributed by atoms with E-state index in [1.807, 2.05) is 36.4 Å². The molecule has 53 heavy (non-hydrogen) atoms. The van der Waals surface area contributed by atoms with Crippen molar-refractivity contribution in [3.63, 3.8) is 0 Å². The van der Waals surface area contributed by atoms with Gasteiger partial charge in [-0.05, 0) is 124 Å². The molecule has 0 aliphatic heterocycles. The van der Waals surface area contributed by atoms with E-state index in [1.54, 1.807) is 60.7 Å². The minimum atomic E-state index is -0.550. The Hall–Kier alpha value is -6.96.